The molecule has 0 aliphatic rings. The quantitative estimate of drug-likeness (QED) is 0.250. The molecule has 108 valence electrons. The van der Waals surface area contributed by atoms with Gasteiger partial charge in [0.1, 0.15) is 5.75 Å². The Balaban J connectivity index is 2.41. The molecule has 0 saturated heterocycles. The molecule has 0 saturated carbocycles. The van der Waals surface area contributed by atoms with Crippen LogP contribution in [0.25, 0.3) is 0 Å². The van der Waals surface area contributed by atoms with Crippen LogP contribution in [0.15, 0.2) is 54.6 Å². The molecule has 3 heteroatoms. The van der Waals surface area contributed by atoms with E-state index in [-0.39, 0.29) is 11.9 Å². The van der Waals surface area contributed by atoms with Gasteiger partial charge in [0.15, 0.2) is 0 Å². The zero-order chi connectivity index (χ0) is 15.0. The van der Waals surface area contributed by atoms with Crippen molar-refractivity contribution in [2.45, 2.75) is 32.6 Å². The molecule has 0 spiro atoms. The number of para-hydroxylation sites is 1. The second-order valence-corrected chi connectivity index (χ2v) is 11.7. The summed E-state index contributed by atoms with van der Waals surface area (Å²) in [6.07, 6.45) is 7.73. The van der Waals surface area contributed by atoms with Crippen LogP contribution < -0.4 is 4.74 Å². The number of allylic oxidation sites excluding steroid dienone is 3. The predicted molar refractivity (Wildman–Crippen MR) is 87.7 cm³/mol. The van der Waals surface area contributed by atoms with Crippen molar-refractivity contribution in [3.63, 3.8) is 0 Å². The van der Waals surface area contributed by atoms with Gasteiger partial charge in [0.05, 0.1) is 0 Å². The lowest BCUT2D eigenvalue weighted by Gasteiger charge is -2.11. The van der Waals surface area contributed by atoms with Gasteiger partial charge in [-0.2, -0.15) is 0 Å². The maximum absolute atomic E-state index is 11.6. The van der Waals surface area contributed by atoms with Crippen molar-refractivity contribution < 1.29 is 9.53 Å². The third kappa shape index (κ3) is 7.74. The molecule has 0 aromatic heterocycles. The van der Waals surface area contributed by atoms with Crippen LogP contribution in [0, 0.1) is 5.92 Å². The van der Waals surface area contributed by atoms with E-state index in [1.54, 1.807) is 12.1 Å². The van der Waals surface area contributed by atoms with Crippen molar-refractivity contribution in [2.24, 2.45) is 5.92 Å². The minimum atomic E-state index is -1.02. The third-order valence-electron chi connectivity index (χ3n) is 2.67. The van der Waals surface area contributed by atoms with Crippen LogP contribution in [0.3, 0.4) is 0 Å². The molecule has 1 atom stereocenters. The molecule has 1 aromatic carbocycles. The first-order valence-electron chi connectivity index (χ1n) is 6.98. The van der Waals surface area contributed by atoms with Crippen LogP contribution in [-0.4, -0.2) is 14.0 Å². The van der Waals surface area contributed by atoms with E-state index in [4.69, 9.17) is 4.74 Å². The van der Waals surface area contributed by atoms with E-state index < -0.39 is 8.07 Å². The smallest absolute Gasteiger partial charge is 0.335 e. The highest BCUT2D eigenvalue weighted by molar-refractivity contribution is 6.76. The van der Waals surface area contributed by atoms with Gasteiger partial charge in [-0.15, -0.1) is 0 Å². The lowest BCUT2D eigenvalue weighted by molar-refractivity contribution is -0.129. The van der Waals surface area contributed by atoms with Gasteiger partial charge < -0.3 is 4.74 Å². The number of esters is 1. The van der Waals surface area contributed by atoms with Crippen molar-refractivity contribution in [2.75, 3.05) is 0 Å². The molecule has 0 amide bonds. The minimum Gasteiger partial charge on any atom is -0.423 e. The summed E-state index contributed by atoms with van der Waals surface area (Å²) in [7, 11) is -1.02. The van der Waals surface area contributed by atoms with Crippen molar-refractivity contribution in [3.8, 4) is 5.75 Å². The van der Waals surface area contributed by atoms with E-state index in [0.29, 0.717) is 5.75 Å². The van der Waals surface area contributed by atoms with E-state index in [9.17, 15) is 4.79 Å². The number of rotatable bonds is 6. The van der Waals surface area contributed by atoms with E-state index in [0.717, 1.165) is 0 Å². The normalized spacial score (nSPS) is 13.8. The molecule has 0 heterocycles. The average molecular weight is 288 g/mol. The highest BCUT2D eigenvalue weighted by Gasteiger charge is 2.09. The van der Waals surface area contributed by atoms with Gasteiger partial charge >= 0.3 is 5.97 Å². The number of hydrogen-bond acceptors (Lipinski definition) is 2. The summed E-state index contributed by atoms with van der Waals surface area (Å²) in [4.78, 5) is 11.6. The maximum Gasteiger partial charge on any atom is 0.335 e. The van der Waals surface area contributed by atoms with Crippen molar-refractivity contribution in [1.29, 1.82) is 0 Å². The van der Waals surface area contributed by atoms with Crippen LogP contribution in [0.1, 0.15) is 6.92 Å². The lowest BCUT2D eigenvalue weighted by Crippen LogP contribution is -2.17. The summed E-state index contributed by atoms with van der Waals surface area (Å²) in [5, 5.41) is 0. The first-order chi connectivity index (χ1) is 9.37. The standard InChI is InChI=1S/C17H24O2Si/c1-15(9-8-14-20(2,3)4)12-13-17(18)19-16-10-6-5-7-11-16/h5-13,15H,14H2,1-4H3/b9-8-,13-12+. The zero-order valence-electron chi connectivity index (χ0n) is 12.8. The molecule has 1 rings (SSSR count). The van der Waals surface area contributed by atoms with E-state index in [2.05, 4.69) is 38.7 Å². The molecule has 20 heavy (non-hydrogen) atoms. The van der Waals surface area contributed by atoms with E-state index in [1.807, 2.05) is 24.3 Å². The highest BCUT2D eigenvalue weighted by atomic mass is 28.3. The van der Waals surface area contributed by atoms with Gasteiger partial charge in [-0.05, 0) is 24.1 Å². The molecule has 1 aromatic rings. The van der Waals surface area contributed by atoms with Crippen LogP contribution in [0.5, 0.6) is 5.75 Å². The summed E-state index contributed by atoms with van der Waals surface area (Å²) >= 11 is 0. The third-order valence-corrected chi connectivity index (χ3v) is 4.13. The minimum absolute atomic E-state index is 0.245. The van der Waals surface area contributed by atoms with Crippen LogP contribution in [0.2, 0.25) is 25.7 Å². The summed E-state index contributed by atoms with van der Waals surface area (Å²) in [6.45, 7) is 9.09. The predicted octanol–water partition coefficient (Wildman–Crippen LogP) is 4.68. The first-order valence-corrected chi connectivity index (χ1v) is 10.7. The largest absolute Gasteiger partial charge is 0.423 e. The Kier molecular flexibility index (Phi) is 6.45. The fraction of sp³-hybridized carbons (Fsp3) is 0.353. The molecule has 1 unspecified atom stereocenters. The first kappa shape index (κ1) is 16.4. The number of benzene rings is 1. The molecule has 0 aliphatic heterocycles. The van der Waals surface area contributed by atoms with Gasteiger partial charge in [0, 0.05) is 14.1 Å². The molecule has 2 nitrogen and oxygen atoms in total. The van der Waals surface area contributed by atoms with Gasteiger partial charge in [-0.1, -0.05) is 63.0 Å². The summed E-state index contributed by atoms with van der Waals surface area (Å²) in [5.74, 6) is 0.486. The van der Waals surface area contributed by atoms with Crippen molar-refractivity contribution in [3.05, 3.63) is 54.6 Å². The Bertz CT molecular complexity index is 470. The van der Waals surface area contributed by atoms with Crippen LogP contribution in [0.4, 0.5) is 0 Å². The molecule has 0 bridgehead atoms. The molecule has 0 N–H and O–H groups in total. The average Bonchev–Trinajstić information content (AvgIpc) is 2.36. The van der Waals surface area contributed by atoms with Crippen molar-refractivity contribution >= 4 is 14.0 Å². The van der Waals surface area contributed by atoms with E-state index in [1.165, 1.54) is 12.1 Å². The summed E-state index contributed by atoms with van der Waals surface area (Å²) in [5.41, 5.74) is 0. The Morgan fingerprint density at radius 2 is 1.85 bits per heavy atom. The van der Waals surface area contributed by atoms with Gasteiger partial charge in [0.2, 0.25) is 0 Å². The fourth-order valence-electron chi connectivity index (χ4n) is 1.57. The lowest BCUT2D eigenvalue weighted by atomic mass is 10.1. The summed E-state index contributed by atoms with van der Waals surface area (Å²) < 4.78 is 5.18. The van der Waals surface area contributed by atoms with Crippen molar-refractivity contribution in [1.82, 2.24) is 0 Å². The van der Waals surface area contributed by atoms with Gasteiger partial charge in [-0.25, -0.2) is 4.79 Å². The Labute approximate surface area is 123 Å². The molecule has 0 aliphatic carbocycles. The van der Waals surface area contributed by atoms with Gasteiger partial charge in [-0.3, -0.25) is 0 Å². The number of carbonyl (C=O) groups excluding carboxylic acids is 1. The molecule has 0 radical (unpaired) electrons. The number of hydrogen-bond donors (Lipinski definition) is 0. The van der Waals surface area contributed by atoms with E-state index >= 15 is 0 Å². The Hall–Kier alpha value is -1.61. The van der Waals surface area contributed by atoms with Crippen LogP contribution in [-0.2, 0) is 4.79 Å². The number of ether oxygens (including phenoxy) is 1. The SMILES string of the molecule is CC(/C=C\C[Si](C)(C)C)/C=C/C(=O)Oc1ccccc1. The molecular formula is C17H24O2Si. The second kappa shape index (κ2) is 7.85. The fourth-order valence-corrected chi connectivity index (χ4v) is 2.41. The second-order valence-electron chi connectivity index (χ2n) is 6.15. The Morgan fingerprint density at radius 1 is 1.20 bits per heavy atom. The highest BCUT2D eigenvalue weighted by Crippen LogP contribution is 2.11. The Morgan fingerprint density at radius 3 is 2.45 bits per heavy atom. The zero-order valence-corrected chi connectivity index (χ0v) is 13.8. The van der Waals surface area contributed by atoms with Crippen LogP contribution >= 0.6 is 0 Å². The molecule has 0 fully saturated rings. The molecular weight excluding hydrogens is 264 g/mol. The summed E-state index contributed by atoms with van der Waals surface area (Å²) in [6, 6.07) is 10.3. The maximum atomic E-state index is 11.6. The monoisotopic (exact) mass is 288 g/mol. The number of carbonyl (C=O) groups is 1. The topological polar surface area (TPSA) is 26.3 Å². The van der Waals surface area contributed by atoms with Gasteiger partial charge in [0.25, 0.3) is 0 Å².